The molecule has 0 radical (unpaired) electrons. The lowest BCUT2D eigenvalue weighted by molar-refractivity contribution is 0.0996. The number of amides is 1. The Hall–Kier alpha value is -3.08. The smallest absolute Gasteiger partial charge is 0.292 e. The molecule has 0 bridgehead atoms. The number of carbonyl (C=O) groups excluding carboxylic acids is 1. The van der Waals surface area contributed by atoms with E-state index in [9.17, 15) is 4.79 Å². The number of hydrogen-bond donors (Lipinski definition) is 1. The lowest BCUT2D eigenvalue weighted by atomic mass is 10.1. The summed E-state index contributed by atoms with van der Waals surface area (Å²) in [6.45, 7) is 2.20. The van der Waals surface area contributed by atoms with Gasteiger partial charge >= 0.3 is 0 Å². The Labute approximate surface area is 139 Å². The summed E-state index contributed by atoms with van der Waals surface area (Å²) in [7, 11) is 0. The van der Waals surface area contributed by atoms with Gasteiger partial charge in [-0.15, -0.1) is 0 Å². The third-order valence-corrected chi connectivity index (χ3v) is 4.22. The predicted molar refractivity (Wildman–Crippen MR) is 92.6 cm³/mol. The summed E-state index contributed by atoms with van der Waals surface area (Å²) in [6.07, 6.45) is 4.28. The van der Waals surface area contributed by atoms with Crippen LogP contribution in [0.15, 0.2) is 65.4 Å². The van der Waals surface area contributed by atoms with Crippen LogP contribution >= 0.6 is 0 Å². The first-order valence-electron chi connectivity index (χ1n) is 7.90. The number of benzene rings is 1. The molecule has 2 aromatic heterocycles. The third kappa shape index (κ3) is 2.54. The molecule has 1 unspecified atom stereocenters. The van der Waals surface area contributed by atoms with Crippen molar-refractivity contribution in [1.82, 2.24) is 4.98 Å². The highest BCUT2D eigenvalue weighted by Gasteiger charge is 2.26. The molecule has 4 rings (SSSR count). The molecule has 5 heteroatoms. The number of rotatable bonds is 3. The molecule has 0 spiro atoms. The summed E-state index contributed by atoms with van der Waals surface area (Å²) in [4.78, 5) is 18.6. The van der Waals surface area contributed by atoms with Crippen LogP contribution in [0.5, 0.6) is 0 Å². The molecule has 1 amide bonds. The van der Waals surface area contributed by atoms with Crippen molar-refractivity contribution in [1.29, 1.82) is 0 Å². The Morgan fingerprint density at radius 1 is 1.21 bits per heavy atom. The molecule has 3 heterocycles. The Bertz CT molecular complexity index is 857. The summed E-state index contributed by atoms with van der Waals surface area (Å²) in [5.41, 5.74) is 3.59. The summed E-state index contributed by atoms with van der Waals surface area (Å²) < 4.78 is 5.08. The zero-order valence-electron chi connectivity index (χ0n) is 13.3. The minimum Gasteiger partial charge on any atom is -0.459 e. The largest absolute Gasteiger partial charge is 0.459 e. The zero-order valence-corrected chi connectivity index (χ0v) is 13.3. The molecule has 24 heavy (non-hydrogen) atoms. The predicted octanol–water partition coefficient (Wildman–Crippen LogP) is 4.01. The highest BCUT2D eigenvalue weighted by Crippen LogP contribution is 2.37. The molecule has 0 saturated heterocycles. The van der Waals surface area contributed by atoms with Crippen LogP contribution in [-0.4, -0.2) is 16.9 Å². The number of furan rings is 1. The van der Waals surface area contributed by atoms with Gasteiger partial charge in [0.15, 0.2) is 5.76 Å². The molecule has 1 aliphatic rings. The van der Waals surface area contributed by atoms with Crippen LogP contribution in [-0.2, 0) is 6.42 Å². The molecule has 0 fully saturated rings. The van der Waals surface area contributed by atoms with E-state index in [1.807, 2.05) is 12.1 Å². The first-order chi connectivity index (χ1) is 11.7. The topological polar surface area (TPSA) is 58.4 Å². The molecule has 5 nitrogen and oxygen atoms in total. The number of hydrogen-bond acceptors (Lipinski definition) is 4. The fraction of sp³-hybridized carbons (Fsp3) is 0.158. The van der Waals surface area contributed by atoms with Gasteiger partial charge in [0.25, 0.3) is 5.91 Å². The van der Waals surface area contributed by atoms with Crippen molar-refractivity contribution in [2.75, 3.05) is 10.2 Å². The average Bonchev–Trinajstić information content (AvgIpc) is 3.23. The molecule has 3 aromatic rings. The molecule has 1 atom stereocenters. The van der Waals surface area contributed by atoms with Crippen molar-refractivity contribution in [2.24, 2.45) is 0 Å². The number of pyridine rings is 1. The number of carbonyl (C=O) groups is 1. The number of nitrogens with zero attached hydrogens (tertiary/aromatic N) is 2. The van der Waals surface area contributed by atoms with E-state index in [-0.39, 0.29) is 11.7 Å². The summed E-state index contributed by atoms with van der Waals surface area (Å²) in [5.74, 6) is 0.461. The maximum absolute atomic E-state index is 12.0. The van der Waals surface area contributed by atoms with Gasteiger partial charge in [-0.25, -0.2) is 4.98 Å². The summed E-state index contributed by atoms with van der Waals surface area (Å²) in [6, 6.07) is 15.9. The van der Waals surface area contributed by atoms with Crippen molar-refractivity contribution < 1.29 is 9.21 Å². The van der Waals surface area contributed by atoms with Crippen LogP contribution in [0.3, 0.4) is 0 Å². The fourth-order valence-corrected chi connectivity index (χ4v) is 3.15. The standard InChI is InChI=1S/C19H17N3O2/c1-13-11-14-5-2-3-6-16(14)22(13)15-8-9-18(20-12-15)21-19(23)17-7-4-10-24-17/h2-10,12-13H,11H2,1H3,(H,20,21,23). The highest BCUT2D eigenvalue weighted by molar-refractivity contribution is 6.01. The maximum atomic E-state index is 12.0. The van der Waals surface area contributed by atoms with Crippen LogP contribution in [0, 0.1) is 0 Å². The van der Waals surface area contributed by atoms with E-state index in [4.69, 9.17) is 4.42 Å². The average molecular weight is 319 g/mol. The van der Waals surface area contributed by atoms with Crippen molar-refractivity contribution in [3.05, 3.63) is 72.3 Å². The second-order valence-corrected chi connectivity index (χ2v) is 5.88. The number of fused-ring (bicyclic) bond motifs is 1. The van der Waals surface area contributed by atoms with Gasteiger partial charge in [-0.05, 0) is 49.2 Å². The molecule has 1 N–H and O–H groups in total. The second kappa shape index (κ2) is 5.85. The third-order valence-electron chi connectivity index (χ3n) is 4.22. The number of para-hydroxylation sites is 1. The van der Waals surface area contributed by atoms with Gasteiger partial charge in [0, 0.05) is 11.7 Å². The highest BCUT2D eigenvalue weighted by atomic mass is 16.3. The lowest BCUT2D eigenvalue weighted by Crippen LogP contribution is -2.24. The molecule has 0 aliphatic carbocycles. The van der Waals surface area contributed by atoms with Crippen molar-refractivity contribution in [2.45, 2.75) is 19.4 Å². The second-order valence-electron chi connectivity index (χ2n) is 5.88. The van der Waals surface area contributed by atoms with E-state index in [0.29, 0.717) is 11.9 Å². The first-order valence-corrected chi connectivity index (χ1v) is 7.90. The maximum Gasteiger partial charge on any atom is 0.292 e. The van der Waals surface area contributed by atoms with Crippen LogP contribution in [0.25, 0.3) is 0 Å². The van der Waals surface area contributed by atoms with Crippen LogP contribution in [0.1, 0.15) is 23.0 Å². The minimum absolute atomic E-state index is 0.267. The normalized spacial score (nSPS) is 16.0. The van der Waals surface area contributed by atoms with Crippen LogP contribution < -0.4 is 10.2 Å². The molecule has 1 aliphatic heterocycles. The van der Waals surface area contributed by atoms with E-state index in [0.717, 1.165) is 12.1 Å². The number of nitrogens with one attached hydrogen (secondary N) is 1. The van der Waals surface area contributed by atoms with E-state index >= 15 is 0 Å². The molecular weight excluding hydrogens is 302 g/mol. The van der Waals surface area contributed by atoms with E-state index in [1.165, 1.54) is 17.5 Å². The van der Waals surface area contributed by atoms with Crippen LogP contribution in [0.4, 0.5) is 17.2 Å². The Kier molecular flexibility index (Phi) is 3.54. The molecule has 1 aromatic carbocycles. The van der Waals surface area contributed by atoms with Crippen LogP contribution in [0.2, 0.25) is 0 Å². The van der Waals surface area contributed by atoms with Gasteiger partial charge in [-0.1, -0.05) is 18.2 Å². The lowest BCUT2D eigenvalue weighted by Gasteiger charge is -2.24. The van der Waals surface area contributed by atoms with Crippen molar-refractivity contribution in [3.63, 3.8) is 0 Å². The van der Waals surface area contributed by atoms with Gasteiger partial charge < -0.3 is 14.6 Å². The number of aromatic nitrogens is 1. The van der Waals surface area contributed by atoms with E-state index in [1.54, 1.807) is 18.3 Å². The SMILES string of the molecule is CC1Cc2ccccc2N1c1ccc(NC(=O)c2ccco2)nc1. The Morgan fingerprint density at radius 2 is 2.08 bits per heavy atom. The molecule has 0 saturated carbocycles. The van der Waals surface area contributed by atoms with E-state index in [2.05, 4.69) is 46.4 Å². The molecule has 120 valence electrons. The quantitative estimate of drug-likeness (QED) is 0.792. The summed E-state index contributed by atoms with van der Waals surface area (Å²) in [5, 5.41) is 2.73. The number of anilines is 3. The van der Waals surface area contributed by atoms with Gasteiger partial charge in [0.1, 0.15) is 5.82 Å². The molecular formula is C19H17N3O2. The monoisotopic (exact) mass is 319 g/mol. The van der Waals surface area contributed by atoms with Gasteiger partial charge in [0.2, 0.25) is 0 Å². The van der Waals surface area contributed by atoms with Crippen molar-refractivity contribution >= 4 is 23.1 Å². The Morgan fingerprint density at radius 3 is 2.83 bits per heavy atom. The van der Waals surface area contributed by atoms with E-state index < -0.39 is 0 Å². The fourth-order valence-electron chi connectivity index (χ4n) is 3.15. The zero-order chi connectivity index (χ0) is 16.5. The Balaban J connectivity index is 1.55. The first kappa shape index (κ1) is 14.5. The van der Waals surface area contributed by atoms with Gasteiger partial charge in [-0.3, -0.25) is 4.79 Å². The summed E-state index contributed by atoms with van der Waals surface area (Å²) >= 11 is 0. The van der Waals surface area contributed by atoms with Gasteiger partial charge in [0.05, 0.1) is 18.1 Å². The van der Waals surface area contributed by atoms with Gasteiger partial charge in [-0.2, -0.15) is 0 Å². The van der Waals surface area contributed by atoms with Crippen molar-refractivity contribution in [3.8, 4) is 0 Å². The minimum atomic E-state index is -0.305.